The summed E-state index contributed by atoms with van der Waals surface area (Å²) < 4.78 is 0. The summed E-state index contributed by atoms with van der Waals surface area (Å²) in [5, 5.41) is 1.37. The van der Waals surface area contributed by atoms with Gasteiger partial charge in [0.25, 0.3) is 5.56 Å². The van der Waals surface area contributed by atoms with Crippen LogP contribution in [0.5, 0.6) is 0 Å². The average Bonchev–Trinajstić information content (AvgIpc) is 2.57. The highest BCUT2D eigenvalue weighted by molar-refractivity contribution is 6.04. The first kappa shape index (κ1) is 7.25. The van der Waals surface area contributed by atoms with Gasteiger partial charge in [0.1, 0.15) is 5.65 Å². The fraction of sp³-hybridized carbons (Fsp3) is 0. The number of aromatic amines is 2. The molecule has 0 aliphatic carbocycles. The maximum Gasteiger partial charge on any atom is 0.260 e. The van der Waals surface area contributed by atoms with Crippen molar-refractivity contribution >= 4 is 21.9 Å². The smallest absolute Gasteiger partial charge is 0.260 e. The highest BCUT2D eigenvalue weighted by atomic mass is 16.1. The van der Waals surface area contributed by atoms with E-state index in [-0.39, 0.29) is 5.56 Å². The summed E-state index contributed by atoms with van der Waals surface area (Å²) in [5.41, 5.74) is 1.32. The molecule has 0 saturated carbocycles. The topological polar surface area (TPSA) is 74.4 Å². The summed E-state index contributed by atoms with van der Waals surface area (Å²) in [6.07, 6.45) is 4.71. The van der Waals surface area contributed by atoms with Crippen molar-refractivity contribution in [3.05, 3.63) is 35.1 Å². The lowest BCUT2D eigenvalue weighted by molar-refractivity contribution is 1.16. The van der Waals surface area contributed by atoms with E-state index in [1.165, 1.54) is 6.33 Å². The number of H-pyrrole nitrogens is 2. The Balaban J connectivity index is 2.73. The Hall–Kier alpha value is -2.17. The Morgan fingerprint density at radius 3 is 3.21 bits per heavy atom. The lowest BCUT2D eigenvalue weighted by atomic mass is 10.2. The lowest BCUT2D eigenvalue weighted by Gasteiger charge is -1.86. The highest BCUT2D eigenvalue weighted by Crippen LogP contribution is 2.18. The molecule has 2 N–H and O–H groups in total. The van der Waals surface area contributed by atoms with Crippen LogP contribution in [0.15, 0.2) is 29.6 Å². The Kier molecular flexibility index (Phi) is 1.25. The molecule has 0 aromatic carbocycles. The number of nitrogens with one attached hydrogen (secondary N) is 2. The second kappa shape index (κ2) is 2.41. The van der Waals surface area contributed by atoms with Gasteiger partial charge in [-0.25, -0.2) is 4.98 Å². The Morgan fingerprint density at radius 1 is 1.36 bits per heavy atom. The molecule has 0 atom stereocenters. The zero-order valence-corrected chi connectivity index (χ0v) is 7.11. The highest BCUT2D eigenvalue weighted by Gasteiger charge is 2.07. The van der Waals surface area contributed by atoms with Crippen molar-refractivity contribution in [2.75, 3.05) is 0 Å². The van der Waals surface area contributed by atoms with Crippen LogP contribution in [0.4, 0.5) is 0 Å². The second-order valence-corrected chi connectivity index (χ2v) is 3.00. The fourth-order valence-corrected chi connectivity index (χ4v) is 1.57. The van der Waals surface area contributed by atoms with E-state index in [9.17, 15) is 4.79 Å². The van der Waals surface area contributed by atoms with Crippen molar-refractivity contribution in [1.29, 1.82) is 0 Å². The van der Waals surface area contributed by atoms with Crippen LogP contribution in [-0.4, -0.2) is 19.9 Å². The minimum absolute atomic E-state index is 0.144. The van der Waals surface area contributed by atoms with Gasteiger partial charge in [0.05, 0.1) is 17.2 Å². The number of rotatable bonds is 0. The van der Waals surface area contributed by atoms with E-state index in [0.717, 1.165) is 10.9 Å². The van der Waals surface area contributed by atoms with Crippen LogP contribution in [-0.2, 0) is 0 Å². The number of aromatic nitrogens is 4. The zero-order valence-electron chi connectivity index (χ0n) is 7.11. The van der Waals surface area contributed by atoms with Crippen LogP contribution in [0.1, 0.15) is 0 Å². The molecule has 0 radical (unpaired) electrons. The van der Waals surface area contributed by atoms with Crippen molar-refractivity contribution in [3.8, 4) is 0 Å². The van der Waals surface area contributed by atoms with Crippen LogP contribution >= 0.6 is 0 Å². The third kappa shape index (κ3) is 0.806. The van der Waals surface area contributed by atoms with E-state index in [4.69, 9.17) is 0 Å². The van der Waals surface area contributed by atoms with E-state index < -0.39 is 0 Å². The van der Waals surface area contributed by atoms with Crippen LogP contribution in [0, 0.1) is 0 Å². The molecule has 0 amide bonds. The molecular formula is C9H6N4O. The average molecular weight is 186 g/mol. The summed E-state index contributed by atoms with van der Waals surface area (Å²) in [6, 6.07) is 1.82. The molecule has 3 rings (SSSR count). The molecule has 5 heteroatoms. The van der Waals surface area contributed by atoms with Gasteiger partial charge in [-0.05, 0) is 6.07 Å². The third-order valence-electron chi connectivity index (χ3n) is 2.20. The molecule has 0 spiro atoms. The molecule has 3 aromatic heterocycles. The van der Waals surface area contributed by atoms with Crippen molar-refractivity contribution in [2.24, 2.45) is 0 Å². The van der Waals surface area contributed by atoms with Crippen molar-refractivity contribution in [3.63, 3.8) is 0 Å². The molecule has 3 heterocycles. The van der Waals surface area contributed by atoms with Crippen molar-refractivity contribution in [1.82, 2.24) is 19.9 Å². The van der Waals surface area contributed by atoms with E-state index in [2.05, 4.69) is 19.9 Å². The second-order valence-electron chi connectivity index (χ2n) is 3.00. The molecule has 5 nitrogen and oxygen atoms in total. The molecule has 14 heavy (non-hydrogen) atoms. The molecule has 0 saturated heterocycles. The van der Waals surface area contributed by atoms with E-state index in [1.54, 1.807) is 12.4 Å². The normalized spacial score (nSPS) is 11.1. The maximum atomic E-state index is 11.5. The third-order valence-corrected chi connectivity index (χ3v) is 2.20. The predicted molar refractivity (Wildman–Crippen MR) is 52.0 cm³/mol. The molecule has 68 valence electrons. The van der Waals surface area contributed by atoms with Gasteiger partial charge in [0, 0.05) is 17.8 Å². The van der Waals surface area contributed by atoms with E-state index in [0.29, 0.717) is 11.0 Å². The number of nitrogens with zero attached hydrogens (tertiary/aromatic N) is 2. The summed E-state index contributed by atoms with van der Waals surface area (Å²) in [5.74, 6) is 0. The van der Waals surface area contributed by atoms with Gasteiger partial charge in [-0.1, -0.05) is 0 Å². The molecule has 3 aromatic rings. The molecule has 0 aliphatic heterocycles. The quantitative estimate of drug-likeness (QED) is 0.545. The van der Waals surface area contributed by atoms with Gasteiger partial charge in [-0.3, -0.25) is 9.78 Å². The van der Waals surface area contributed by atoms with E-state index >= 15 is 0 Å². The fourth-order valence-electron chi connectivity index (χ4n) is 1.57. The standard InChI is InChI=1S/C9H6N4O/c14-9-7-5-3-10-2-1-6(5)13-8(7)11-4-12-9/h1-4H,(H2,11,12,13,14). The first-order valence-corrected chi connectivity index (χ1v) is 4.15. The Morgan fingerprint density at radius 2 is 2.29 bits per heavy atom. The Bertz CT molecular complexity index is 667. The van der Waals surface area contributed by atoms with Crippen LogP contribution < -0.4 is 5.56 Å². The summed E-state index contributed by atoms with van der Waals surface area (Å²) in [6.45, 7) is 0. The SMILES string of the molecule is O=c1[nH]cnc2[nH]c3ccncc3c12. The zero-order chi connectivity index (χ0) is 9.54. The molecule has 0 bridgehead atoms. The van der Waals surface area contributed by atoms with Gasteiger partial charge < -0.3 is 9.97 Å². The van der Waals surface area contributed by atoms with Crippen molar-refractivity contribution in [2.45, 2.75) is 0 Å². The van der Waals surface area contributed by atoms with Crippen LogP contribution in [0.2, 0.25) is 0 Å². The van der Waals surface area contributed by atoms with Gasteiger partial charge in [0.2, 0.25) is 0 Å². The van der Waals surface area contributed by atoms with Gasteiger partial charge in [0.15, 0.2) is 0 Å². The first-order chi connectivity index (χ1) is 6.86. The van der Waals surface area contributed by atoms with Gasteiger partial charge in [-0.15, -0.1) is 0 Å². The number of hydrogen-bond donors (Lipinski definition) is 2. The largest absolute Gasteiger partial charge is 0.339 e. The minimum atomic E-state index is -0.144. The molecule has 0 unspecified atom stereocenters. The Labute approximate surface area is 77.8 Å². The minimum Gasteiger partial charge on any atom is -0.339 e. The monoisotopic (exact) mass is 186 g/mol. The molecular weight excluding hydrogens is 180 g/mol. The van der Waals surface area contributed by atoms with Crippen molar-refractivity contribution < 1.29 is 0 Å². The summed E-state index contributed by atoms with van der Waals surface area (Å²) in [4.78, 5) is 25.1. The number of hydrogen-bond acceptors (Lipinski definition) is 3. The number of fused-ring (bicyclic) bond motifs is 3. The van der Waals surface area contributed by atoms with Gasteiger partial charge in [-0.2, -0.15) is 0 Å². The van der Waals surface area contributed by atoms with Crippen LogP contribution in [0.25, 0.3) is 21.9 Å². The van der Waals surface area contributed by atoms with Crippen LogP contribution in [0.3, 0.4) is 0 Å². The summed E-state index contributed by atoms with van der Waals surface area (Å²) >= 11 is 0. The lowest BCUT2D eigenvalue weighted by Crippen LogP contribution is -2.04. The van der Waals surface area contributed by atoms with E-state index in [1.807, 2.05) is 6.07 Å². The summed E-state index contributed by atoms with van der Waals surface area (Å²) in [7, 11) is 0. The number of pyridine rings is 1. The molecule has 0 fully saturated rings. The van der Waals surface area contributed by atoms with Gasteiger partial charge >= 0.3 is 0 Å². The molecule has 0 aliphatic rings. The first-order valence-electron chi connectivity index (χ1n) is 4.15. The predicted octanol–water partition coefficient (Wildman–Crippen LogP) is 0.799. The maximum absolute atomic E-state index is 11.5.